The standard InChI is InChI=1S/C8H9NO2/c10-7-5-3-1-2-4-6(5)8(11)9-7/h1-2,9-11H,3-4H2. The van der Waals surface area contributed by atoms with E-state index in [1.807, 2.05) is 12.2 Å². The van der Waals surface area contributed by atoms with Gasteiger partial charge in [0.25, 0.3) is 0 Å². The van der Waals surface area contributed by atoms with E-state index in [9.17, 15) is 10.2 Å². The lowest BCUT2D eigenvalue weighted by Crippen LogP contribution is -1.92. The van der Waals surface area contributed by atoms with Crippen LogP contribution in [-0.2, 0) is 12.8 Å². The molecule has 2 rings (SSSR count). The SMILES string of the molecule is Oc1[nH]c(O)c2c1CC=CC2. The molecule has 1 aromatic heterocycles. The Morgan fingerprint density at radius 1 is 1.00 bits per heavy atom. The summed E-state index contributed by atoms with van der Waals surface area (Å²) in [6.45, 7) is 0. The zero-order chi connectivity index (χ0) is 7.84. The summed E-state index contributed by atoms with van der Waals surface area (Å²) < 4.78 is 0. The molecule has 0 fully saturated rings. The van der Waals surface area contributed by atoms with Gasteiger partial charge in [-0.2, -0.15) is 0 Å². The van der Waals surface area contributed by atoms with Crippen molar-refractivity contribution < 1.29 is 10.2 Å². The van der Waals surface area contributed by atoms with Crippen molar-refractivity contribution >= 4 is 0 Å². The highest BCUT2D eigenvalue weighted by Gasteiger charge is 2.16. The molecular weight excluding hydrogens is 142 g/mol. The van der Waals surface area contributed by atoms with Gasteiger partial charge in [0.05, 0.1) is 0 Å². The first-order valence-electron chi connectivity index (χ1n) is 3.55. The maximum atomic E-state index is 9.23. The minimum atomic E-state index is 0.0989. The van der Waals surface area contributed by atoms with E-state index < -0.39 is 0 Å². The number of rotatable bonds is 0. The molecule has 0 saturated carbocycles. The summed E-state index contributed by atoms with van der Waals surface area (Å²) in [7, 11) is 0. The van der Waals surface area contributed by atoms with Gasteiger partial charge in [-0.15, -0.1) is 0 Å². The van der Waals surface area contributed by atoms with Gasteiger partial charge in [-0.3, -0.25) is 4.98 Å². The average molecular weight is 151 g/mol. The number of aromatic amines is 1. The third kappa shape index (κ3) is 0.808. The number of aromatic nitrogens is 1. The summed E-state index contributed by atoms with van der Waals surface area (Å²) in [6.07, 6.45) is 5.38. The molecule has 0 bridgehead atoms. The zero-order valence-electron chi connectivity index (χ0n) is 5.96. The van der Waals surface area contributed by atoms with Crippen LogP contribution in [0.2, 0.25) is 0 Å². The maximum absolute atomic E-state index is 9.23. The van der Waals surface area contributed by atoms with Gasteiger partial charge in [0.15, 0.2) is 11.8 Å². The quantitative estimate of drug-likeness (QED) is 0.486. The Bertz CT molecular complexity index is 284. The number of aromatic hydroxyl groups is 2. The fourth-order valence-electron chi connectivity index (χ4n) is 1.39. The van der Waals surface area contributed by atoms with E-state index in [0.29, 0.717) is 12.8 Å². The van der Waals surface area contributed by atoms with Gasteiger partial charge in [0, 0.05) is 11.1 Å². The molecule has 0 radical (unpaired) electrons. The van der Waals surface area contributed by atoms with Crippen LogP contribution in [0.25, 0.3) is 0 Å². The van der Waals surface area contributed by atoms with Crippen molar-refractivity contribution in [2.24, 2.45) is 0 Å². The summed E-state index contributed by atoms with van der Waals surface area (Å²) in [5, 5.41) is 18.5. The van der Waals surface area contributed by atoms with E-state index in [0.717, 1.165) is 11.1 Å². The van der Waals surface area contributed by atoms with Gasteiger partial charge in [0.1, 0.15) is 0 Å². The Kier molecular flexibility index (Phi) is 1.18. The second-order valence-electron chi connectivity index (χ2n) is 2.66. The van der Waals surface area contributed by atoms with Crippen molar-refractivity contribution in [3.8, 4) is 11.8 Å². The fourth-order valence-corrected chi connectivity index (χ4v) is 1.39. The highest BCUT2D eigenvalue weighted by Crippen LogP contribution is 2.32. The van der Waals surface area contributed by atoms with E-state index in [2.05, 4.69) is 4.98 Å². The average Bonchev–Trinajstić information content (AvgIpc) is 2.30. The monoisotopic (exact) mass is 151 g/mol. The molecule has 1 aliphatic carbocycles. The Morgan fingerprint density at radius 2 is 1.45 bits per heavy atom. The van der Waals surface area contributed by atoms with Crippen LogP contribution in [0.5, 0.6) is 11.8 Å². The van der Waals surface area contributed by atoms with Crippen LogP contribution in [0.1, 0.15) is 11.1 Å². The molecule has 0 amide bonds. The predicted octanol–water partition coefficient (Wildman–Crippen LogP) is 1.08. The minimum Gasteiger partial charge on any atom is -0.494 e. The highest BCUT2D eigenvalue weighted by atomic mass is 16.3. The second-order valence-corrected chi connectivity index (χ2v) is 2.66. The molecule has 1 aromatic rings. The van der Waals surface area contributed by atoms with E-state index in [-0.39, 0.29) is 11.8 Å². The smallest absolute Gasteiger partial charge is 0.195 e. The van der Waals surface area contributed by atoms with Crippen molar-refractivity contribution in [3.05, 3.63) is 23.3 Å². The highest BCUT2D eigenvalue weighted by molar-refractivity contribution is 5.47. The van der Waals surface area contributed by atoms with Gasteiger partial charge in [0.2, 0.25) is 0 Å². The summed E-state index contributed by atoms with van der Waals surface area (Å²) in [5.41, 5.74) is 1.65. The molecule has 3 heteroatoms. The maximum Gasteiger partial charge on any atom is 0.195 e. The lowest BCUT2D eigenvalue weighted by atomic mass is 10.0. The van der Waals surface area contributed by atoms with Gasteiger partial charge < -0.3 is 10.2 Å². The molecular formula is C8H9NO2. The molecule has 3 N–H and O–H groups in total. The molecule has 58 valence electrons. The van der Waals surface area contributed by atoms with Crippen molar-refractivity contribution in [3.63, 3.8) is 0 Å². The molecule has 0 aliphatic heterocycles. The second kappa shape index (κ2) is 2.05. The van der Waals surface area contributed by atoms with E-state index >= 15 is 0 Å². The van der Waals surface area contributed by atoms with Crippen LogP contribution >= 0.6 is 0 Å². The van der Waals surface area contributed by atoms with Gasteiger partial charge in [-0.05, 0) is 12.8 Å². The summed E-state index contributed by atoms with van der Waals surface area (Å²) in [4.78, 5) is 2.49. The molecule has 0 unspecified atom stereocenters. The number of fused-ring (bicyclic) bond motifs is 1. The summed E-state index contributed by atoms with van der Waals surface area (Å²) in [5.74, 6) is 0.198. The normalized spacial score (nSPS) is 14.9. The Morgan fingerprint density at radius 3 is 1.91 bits per heavy atom. The van der Waals surface area contributed by atoms with Gasteiger partial charge in [-0.1, -0.05) is 12.2 Å². The van der Waals surface area contributed by atoms with Crippen LogP contribution in [0.3, 0.4) is 0 Å². The summed E-state index contributed by atoms with van der Waals surface area (Å²) >= 11 is 0. The molecule has 0 atom stereocenters. The van der Waals surface area contributed by atoms with Gasteiger partial charge >= 0.3 is 0 Å². The minimum absolute atomic E-state index is 0.0989. The zero-order valence-corrected chi connectivity index (χ0v) is 5.96. The van der Waals surface area contributed by atoms with Crippen LogP contribution in [0.4, 0.5) is 0 Å². The third-order valence-electron chi connectivity index (χ3n) is 1.98. The first kappa shape index (κ1) is 6.34. The molecule has 1 heterocycles. The topological polar surface area (TPSA) is 56.2 Å². The Balaban J connectivity index is 2.57. The van der Waals surface area contributed by atoms with Gasteiger partial charge in [-0.25, -0.2) is 0 Å². The lowest BCUT2D eigenvalue weighted by molar-refractivity contribution is 0.422. The van der Waals surface area contributed by atoms with E-state index in [4.69, 9.17) is 0 Å². The lowest BCUT2D eigenvalue weighted by Gasteiger charge is -2.03. The molecule has 3 nitrogen and oxygen atoms in total. The Labute approximate surface area is 64.0 Å². The molecule has 0 saturated heterocycles. The molecule has 0 spiro atoms. The van der Waals surface area contributed by atoms with Crippen molar-refractivity contribution in [1.82, 2.24) is 4.98 Å². The van der Waals surface area contributed by atoms with Crippen LogP contribution in [0, 0.1) is 0 Å². The Hall–Kier alpha value is -1.38. The first-order chi connectivity index (χ1) is 5.29. The first-order valence-corrected chi connectivity index (χ1v) is 3.55. The number of hydrogen-bond acceptors (Lipinski definition) is 2. The predicted molar refractivity (Wildman–Crippen MR) is 40.7 cm³/mol. The number of nitrogens with one attached hydrogen (secondary N) is 1. The van der Waals surface area contributed by atoms with Crippen molar-refractivity contribution in [2.75, 3.05) is 0 Å². The van der Waals surface area contributed by atoms with Crippen molar-refractivity contribution in [1.29, 1.82) is 0 Å². The fraction of sp³-hybridized carbons (Fsp3) is 0.250. The largest absolute Gasteiger partial charge is 0.494 e. The number of H-pyrrole nitrogens is 1. The molecule has 0 aromatic carbocycles. The van der Waals surface area contributed by atoms with Crippen molar-refractivity contribution in [2.45, 2.75) is 12.8 Å². The number of hydrogen-bond donors (Lipinski definition) is 3. The molecule has 1 aliphatic rings. The van der Waals surface area contributed by atoms with E-state index in [1.165, 1.54) is 0 Å². The van der Waals surface area contributed by atoms with E-state index in [1.54, 1.807) is 0 Å². The third-order valence-corrected chi connectivity index (χ3v) is 1.98. The number of allylic oxidation sites excluding steroid dienone is 2. The van der Waals surface area contributed by atoms with Crippen LogP contribution < -0.4 is 0 Å². The molecule has 11 heavy (non-hydrogen) atoms. The van der Waals surface area contributed by atoms with Crippen LogP contribution in [0.15, 0.2) is 12.2 Å². The van der Waals surface area contributed by atoms with Crippen LogP contribution in [-0.4, -0.2) is 15.2 Å². The summed E-state index contributed by atoms with van der Waals surface area (Å²) in [6, 6.07) is 0.